The smallest absolute Gasteiger partial charge is 0.230 e. The van der Waals surface area contributed by atoms with Crippen molar-refractivity contribution in [2.75, 3.05) is 36.5 Å². The zero-order chi connectivity index (χ0) is 16.6. The Bertz CT molecular complexity index is 715. The molecule has 3 rings (SSSR count). The summed E-state index contributed by atoms with van der Waals surface area (Å²) in [7, 11) is -3.16. The number of amides is 1. The van der Waals surface area contributed by atoms with Gasteiger partial charge >= 0.3 is 0 Å². The Labute approximate surface area is 149 Å². The number of carbonyl (C=O) groups is 1. The highest BCUT2D eigenvalue weighted by atomic mass is 35.5. The lowest BCUT2D eigenvalue weighted by Crippen LogP contribution is -2.45. The number of halogens is 1. The average molecular weight is 374 g/mol. The number of benzene rings is 1. The minimum atomic E-state index is -3.16. The van der Waals surface area contributed by atoms with E-state index in [0.29, 0.717) is 32.5 Å². The Morgan fingerprint density at radius 2 is 1.88 bits per heavy atom. The quantitative estimate of drug-likeness (QED) is 0.799. The molecular formula is C16H24ClN3O3S. The summed E-state index contributed by atoms with van der Waals surface area (Å²) < 4.78 is 24.6. The van der Waals surface area contributed by atoms with E-state index in [1.165, 1.54) is 10.6 Å². The third-order valence-corrected chi connectivity index (χ3v) is 6.13. The molecule has 0 spiro atoms. The minimum Gasteiger partial charge on any atom is -0.398 e. The van der Waals surface area contributed by atoms with Gasteiger partial charge in [-0.2, -0.15) is 0 Å². The standard InChI is InChI=1S/C16H23N3O3S.ClH/c1-23(21,22)18-10-7-12(8-11-18)16(20)19-9-3-4-13-14(17)5-2-6-15(13)19;/h2,5-6,12H,3-4,7-11,17H2,1H3;1H. The van der Waals surface area contributed by atoms with Crippen molar-refractivity contribution in [3.63, 3.8) is 0 Å². The van der Waals surface area contributed by atoms with Crippen molar-refractivity contribution in [3.8, 4) is 0 Å². The molecule has 2 N–H and O–H groups in total. The van der Waals surface area contributed by atoms with Gasteiger partial charge in [0.25, 0.3) is 0 Å². The summed E-state index contributed by atoms with van der Waals surface area (Å²) >= 11 is 0. The number of fused-ring (bicyclic) bond motifs is 1. The lowest BCUT2D eigenvalue weighted by atomic mass is 9.93. The Morgan fingerprint density at radius 3 is 2.50 bits per heavy atom. The molecule has 1 saturated heterocycles. The predicted molar refractivity (Wildman–Crippen MR) is 97.9 cm³/mol. The summed E-state index contributed by atoms with van der Waals surface area (Å²) in [4.78, 5) is 14.7. The monoisotopic (exact) mass is 373 g/mol. The number of nitrogens with two attached hydrogens (primary N) is 1. The molecule has 24 heavy (non-hydrogen) atoms. The number of nitrogens with zero attached hydrogens (tertiary/aromatic N) is 2. The maximum Gasteiger partial charge on any atom is 0.230 e. The molecule has 2 aliphatic heterocycles. The van der Waals surface area contributed by atoms with Crippen LogP contribution in [0.5, 0.6) is 0 Å². The highest BCUT2D eigenvalue weighted by Crippen LogP contribution is 2.33. The zero-order valence-corrected chi connectivity index (χ0v) is 15.4. The number of hydrogen-bond acceptors (Lipinski definition) is 4. The maximum absolute atomic E-state index is 12.9. The molecule has 0 unspecified atom stereocenters. The first kappa shape index (κ1) is 19.0. The number of hydrogen-bond donors (Lipinski definition) is 1. The molecule has 1 amide bonds. The zero-order valence-electron chi connectivity index (χ0n) is 13.8. The van der Waals surface area contributed by atoms with Gasteiger partial charge in [-0.25, -0.2) is 12.7 Å². The molecule has 134 valence electrons. The van der Waals surface area contributed by atoms with E-state index in [9.17, 15) is 13.2 Å². The van der Waals surface area contributed by atoms with Crippen molar-refractivity contribution in [1.29, 1.82) is 0 Å². The Morgan fingerprint density at radius 1 is 1.21 bits per heavy atom. The van der Waals surface area contributed by atoms with Crippen LogP contribution in [-0.2, 0) is 21.2 Å². The van der Waals surface area contributed by atoms with Gasteiger partial charge in [-0.1, -0.05) is 6.07 Å². The number of sulfonamides is 1. The van der Waals surface area contributed by atoms with E-state index in [0.717, 1.165) is 29.8 Å². The number of piperidine rings is 1. The van der Waals surface area contributed by atoms with Crippen molar-refractivity contribution in [1.82, 2.24) is 4.31 Å². The van der Waals surface area contributed by atoms with Crippen LogP contribution in [0.15, 0.2) is 18.2 Å². The van der Waals surface area contributed by atoms with Gasteiger partial charge in [0.15, 0.2) is 0 Å². The third kappa shape index (κ3) is 3.68. The molecule has 0 bridgehead atoms. The fourth-order valence-electron chi connectivity index (χ4n) is 3.54. The summed E-state index contributed by atoms with van der Waals surface area (Å²) in [5.74, 6) is -0.00918. The summed E-state index contributed by atoms with van der Waals surface area (Å²) in [6, 6.07) is 5.71. The molecule has 1 fully saturated rings. The Kier molecular flexibility index (Phi) is 5.78. The van der Waals surface area contributed by atoms with Gasteiger partial charge in [-0.05, 0) is 43.4 Å². The number of nitrogen functional groups attached to an aromatic ring is 1. The minimum absolute atomic E-state index is 0. The van der Waals surface area contributed by atoms with Crippen LogP contribution in [0.3, 0.4) is 0 Å². The Balaban J connectivity index is 0.00000208. The molecule has 1 aromatic rings. The fourth-order valence-corrected chi connectivity index (χ4v) is 4.41. The summed E-state index contributed by atoms with van der Waals surface area (Å²) in [5.41, 5.74) is 8.76. The summed E-state index contributed by atoms with van der Waals surface area (Å²) in [5, 5.41) is 0. The van der Waals surface area contributed by atoms with Crippen molar-refractivity contribution in [2.24, 2.45) is 5.92 Å². The average Bonchev–Trinajstić information content (AvgIpc) is 2.53. The van der Waals surface area contributed by atoms with Gasteiger partial charge in [-0.15, -0.1) is 12.4 Å². The lowest BCUT2D eigenvalue weighted by Gasteiger charge is -2.36. The van der Waals surface area contributed by atoms with E-state index in [-0.39, 0.29) is 24.2 Å². The van der Waals surface area contributed by atoms with Gasteiger partial charge in [0.1, 0.15) is 0 Å². The van der Waals surface area contributed by atoms with Gasteiger partial charge in [-0.3, -0.25) is 4.79 Å². The van der Waals surface area contributed by atoms with Crippen LogP contribution in [0.2, 0.25) is 0 Å². The van der Waals surface area contributed by atoms with Crippen LogP contribution in [0.4, 0.5) is 11.4 Å². The van der Waals surface area contributed by atoms with Crippen LogP contribution in [-0.4, -0.2) is 44.5 Å². The molecule has 0 radical (unpaired) electrons. The third-order valence-electron chi connectivity index (χ3n) is 4.83. The topological polar surface area (TPSA) is 83.7 Å². The van der Waals surface area contributed by atoms with E-state index in [1.54, 1.807) is 0 Å². The lowest BCUT2D eigenvalue weighted by molar-refractivity contribution is -0.123. The van der Waals surface area contributed by atoms with Crippen molar-refractivity contribution in [3.05, 3.63) is 23.8 Å². The van der Waals surface area contributed by atoms with Crippen LogP contribution in [0, 0.1) is 5.92 Å². The largest absolute Gasteiger partial charge is 0.398 e. The molecule has 1 aromatic carbocycles. The first-order valence-corrected chi connectivity index (χ1v) is 9.86. The molecule has 2 aliphatic rings. The molecule has 0 aromatic heterocycles. The van der Waals surface area contributed by atoms with Crippen LogP contribution in [0.1, 0.15) is 24.8 Å². The number of rotatable bonds is 2. The van der Waals surface area contributed by atoms with E-state index in [4.69, 9.17) is 5.73 Å². The first-order valence-electron chi connectivity index (χ1n) is 8.02. The number of carbonyl (C=O) groups excluding carboxylic acids is 1. The van der Waals surface area contributed by atoms with Gasteiger partial charge in [0.05, 0.1) is 6.26 Å². The molecule has 0 saturated carbocycles. The van der Waals surface area contributed by atoms with Crippen LogP contribution < -0.4 is 10.6 Å². The number of anilines is 2. The van der Waals surface area contributed by atoms with Crippen molar-refractivity contribution < 1.29 is 13.2 Å². The van der Waals surface area contributed by atoms with Gasteiger partial charge in [0.2, 0.25) is 15.9 Å². The van der Waals surface area contributed by atoms with Gasteiger partial charge in [0, 0.05) is 36.9 Å². The summed E-state index contributed by atoms with van der Waals surface area (Å²) in [6.07, 6.45) is 4.20. The van der Waals surface area contributed by atoms with E-state index < -0.39 is 10.0 Å². The Hall–Kier alpha value is -1.31. The highest BCUT2D eigenvalue weighted by Gasteiger charge is 2.33. The summed E-state index contributed by atoms with van der Waals surface area (Å²) in [6.45, 7) is 1.56. The second-order valence-corrected chi connectivity index (χ2v) is 8.36. The highest BCUT2D eigenvalue weighted by molar-refractivity contribution is 7.88. The first-order chi connectivity index (χ1) is 10.9. The molecule has 8 heteroatoms. The molecular weight excluding hydrogens is 350 g/mol. The molecule has 6 nitrogen and oxygen atoms in total. The van der Waals surface area contributed by atoms with Crippen molar-refractivity contribution >= 4 is 39.7 Å². The van der Waals surface area contributed by atoms with Crippen molar-refractivity contribution in [2.45, 2.75) is 25.7 Å². The van der Waals surface area contributed by atoms with Gasteiger partial charge < -0.3 is 10.6 Å². The molecule has 0 aliphatic carbocycles. The van der Waals surface area contributed by atoms with E-state index >= 15 is 0 Å². The fraction of sp³-hybridized carbons (Fsp3) is 0.562. The van der Waals surface area contributed by atoms with E-state index in [1.807, 2.05) is 23.1 Å². The maximum atomic E-state index is 12.9. The normalized spacial score (nSPS) is 19.5. The second-order valence-electron chi connectivity index (χ2n) is 6.37. The van der Waals surface area contributed by atoms with Crippen LogP contribution >= 0.6 is 12.4 Å². The van der Waals surface area contributed by atoms with E-state index in [2.05, 4.69) is 0 Å². The SMILES string of the molecule is CS(=O)(=O)N1CCC(C(=O)N2CCCc3c(N)cccc32)CC1.Cl. The van der Waals surface area contributed by atoms with Crippen LogP contribution in [0.25, 0.3) is 0 Å². The molecule has 2 heterocycles. The molecule has 0 atom stereocenters. The second kappa shape index (κ2) is 7.29. The predicted octanol–water partition coefficient (Wildman–Crippen LogP) is 1.64.